The summed E-state index contributed by atoms with van der Waals surface area (Å²) in [7, 11) is -3.84. The number of aromatic nitrogens is 2. The Morgan fingerprint density at radius 3 is 2.12 bits per heavy atom. The maximum atomic E-state index is 12.3. The molecule has 7 nitrogen and oxygen atoms in total. The van der Waals surface area contributed by atoms with Gasteiger partial charge in [-0.1, -0.05) is 28.1 Å². The molecule has 0 radical (unpaired) electrons. The summed E-state index contributed by atoms with van der Waals surface area (Å²) in [5.41, 5.74) is 0.271. The van der Waals surface area contributed by atoms with Crippen molar-refractivity contribution < 1.29 is 8.42 Å². The van der Waals surface area contributed by atoms with E-state index in [0.717, 1.165) is 4.47 Å². The smallest absolute Gasteiger partial charge is 0.274 e. The van der Waals surface area contributed by atoms with E-state index in [0.29, 0.717) is 16.9 Å². The molecule has 2 aromatic carbocycles. The van der Waals surface area contributed by atoms with Crippen LogP contribution in [-0.4, -0.2) is 18.0 Å². The van der Waals surface area contributed by atoms with Crippen LogP contribution in [0.1, 0.15) is 0 Å². The second kappa shape index (κ2) is 6.43. The molecule has 3 N–H and O–H groups in total. The van der Waals surface area contributed by atoms with E-state index in [1.165, 1.54) is 34.9 Å². The van der Waals surface area contributed by atoms with Crippen molar-refractivity contribution in [2.24, 2.45) is 5.14 Å². The van der Waals surface area contributed by atoms with Crippen LogP contribution in [0.4, 0.5) is 0 Å². The van der Waals surface area contributed by atoms with Crippen molar-refractivity contribution in [1.29, 1.82) is 0 Å². The third-order valence-corrected chi connectivity index (χ3v) is 4.96. The van der Waals surface area contributed by atoms with Crippen LogP contribution in [-0.2, 0) is 10.0 Å². The van der Waals surface area contributed by atoms with E-state index in [1.54, 1.807) is 24.3 Å². The molecule has 0 spiro atoms. The van der Waals surface area contributed by atoms with Crippen LogP contribution >= 0.6 is 15.9 Å². The first-order valence-corrected chi connectivity index (χ1v) is 9.35. The average molecular weight is 422 g/mol. The van der Waals surface area contributed by atoms with E-state index in [4.69, 9.17) is 5.14 Å². The molecule has 1 heterocycles. The fraction of sp³-hybridized carbons (Fsp3) is 0. The first-order chi connectivity index (χ1) is 11.8. The van der Waals surface area contributed by atoms with Crippen molar-refractivity contribution in [2.45, 2.75) is 4.90 Å². The van der Waals surface area contributed by atoms with Crippen molar-refractivity contribution >= 4 is 26.0 Å². The molecule has 0 saturated heterocycles. The molecule has 9 heteroatoms. The Morgan fingerprint density at radius 2 is 1.56 bits per heavy atom. The number of aromatic amines is 1. The van der Waals surface area contributed by atoms with Gasteiger partial charge in [0, 0.05) is 10.5 Å². The minimum absolute atomic E-state index is 0.0704. The molecule has 0 unspecified atom stereocenters. The van der Waals surface area contributed by atoms with E-state index >= 15 is 0 Å². The first kappa shape index (κ1) is 17.3. The van der Waals surface area contributed by atoms with Crippen LogP contribution in [0, 0.1) is 0 Å². The standard InChI is InChI=1S/C16H12BrN3O4S/c17-11-3-1-10(2-4-11)14-9-15(21)19-16(22)20(14)12-5-7-13(8-6-12)25(18,23)24/h1-9H,(H2,18,23,24)(H,19,21,22). The van der Waals surface area contributed by atoms with E-state index in [9.17, 15) is 18.0 Å². The van der Waals surface area contributed by atoms with Gasteiger partial charge in [-0.25, -0.2) is 18.4 Å². The molecule has 0 aliphatic rings. The second-order valence-corrected chi connectivity index (χ2v) is 7.68. The summed E-state index contributed by atoms with van der Waals surface area (Å²) in [5, 5.41) is 5.08. The molecule has 0 aliphatic heterocycles. The second-order valence-electron chi connectivity index (χ2n) is 5.21. The van der Waals surface area contributed by atoms with E-state index in [2.05, 4.69) is 20.9 Å². The molecule has 0 bridgehead atoms. The molecule has 0 amide bonds. The van der Waals surface area contributed by atoms with E-state index < -0.39 is 21.3 Å². The van der Waals surface area contributed by atoms with Gasteiger partial charge in [-0.2, -0.15) is 0 Å². The predicted molar refractivity (Wildman–Crippen MR) is 97.2 cm³/mol. The number of sulfonamides is 1. The number of primary sulfonamides is 1. The van der Waals surface area contributed by atoms with Gasteiger partial charge in [0.1, 0.15) is 0 Å². The lowest BCUT2D eigenvalue weighted by Gasteiger charge is -2.12. The maximum absolute atomic E-state index is 12.3. The number of rotatable bonds is 3. The lowest BCUT2D eigenvalue weighted by Crippen LogP contribution is -2.29. The molecule has 0 atom stereocenters. The summed E-state index contributed by atoms with van der Waals surface area (Å²) in [6, 6.07) is 13.9. The largest absolute Gasteiger partial charge is 0.333 e. The number of H-pyrrole nitrogens is 1. The zero-order valence-electron chi connectivity index (χ0n) is 12.6. The lowest BCUT2D eigenvalue weighted by atomic mass is 10.1. The Balaban J connectivity index is 2.24. The van der Waals surface area contributed by atoms with E-state index in [1.807, 2.05) is 0 Å². The highest BCUT2D eigenvalue weighted by molar-refractivity contribution is 9.10. The summed E-state index contributed by atoms with van der Waals surface area (Å²) < 4.78 is 24.9. The predicted octanol–water partition coefficient (Wildman–Crippen LogP) is 1.60. The molecular formula is C16H12BrN3O4S. The fourth-order valence-corrected chi connectivity index (χ4v) is 3.15. The van der Waals surface area contributed by atoms with Gasteiger partial charge in [-0.05, 0) is 42.0 Å². The first-order valence-electron chi connectivity index (χ1n) is 7.01. The molecule has 25 heavy (non-hydrogen) atoms. The molecule has 3 aromatic rings. The van der Waals surface area contributed by atoms with Crippen molar-refractivity contribution in [3.8, 4) is 16.9 Å². The number of nitrogens with zero attached hydrogens (tertiary/aromatic N) is 1. The van der Waals surface area contributed by atoms with Gasteiger partial charge in [0.2, 0.25) is 10.0 Å². The van der Waals surface area contributed by atoms with Gasteiger partial charge in [0.05, 0.1) is 16.3 Å². The topological polar surface area (TPSA) is 115 Å². The van der Waals surface area contributed by atoms with Gasteiger partial charge in [0.15, 0.2) is 0 Å². The van der Waals surface area contributed by atoms with Gasteiger partial charge < -0.3 is 0 Å². The van der Waals surface area contributed by atoms with Gasteiger partial charge >= 0.3 is 5.69 Å². The van der Waals surface area contributed by atoms with Crippen LogP contribution in [0.3, 0.4) is 0 Å². The third kappa shape index (κ3) is 3.63. The summed E-state index contributed by atoms with van der Waals surface area (Å²) >= 11 is 3.33. The van der Waals surface area contributed by atoms with Crippen molar-refractivity contribution in [3.05, 3.63) is 79.9 Å². The molecular weight excluding hydrogens is 410 g/mol. The zero-order valence-corrected chi connectivity index (χ0v) is 15.0. The van der Waals surface area contributed by atoms with Crippen molar-refractivity contribution in [1.82, 2.24) is 9.55 Å². The lowest BCUT2D eigenvalue weighted by molar-refractivity contribution is 0.598. The number of hydrogen-bond donors (Lipinski definition) is 2. The number of nitrogens with two attached hydrogens (primary N) is 1. The minimum atomic E-state index is -3.84. The number of benzene rings is 2. The molecule has 1 aromatic heterocycles. The van der Waals surface area contributed by atoms with Gasteiger partial charge in [0.25, 0.3) is 5.56 Å². The molecule has 128 valence electrons. The zero-order chi connectivity index (χ0) is 18.2. The van der Waals surface area contributed by atoms with E-state index in [-0.39, 0.29) is 4.90 Å². The number of hydrogen-bond acceptors (Lipinski definition) is 4. The van der Waals surface area contributed by atoms with Gasteiger partial charge in [-0.15, -0.1) is 0 Å². The van der Waals surface area contributed by atoms with Crippen LogP contribution in [0.15, 0.2) is 73.6 Å². The molecule has 3 rings (SSSR count). The summed E-state index contributed by atoms with van der Waals surface area (Å²) in [6.07, 6.45) is 0. The minimum Gasteiger partial charge on any atom is -0.274 e. The quantitative estimate of drug-likeness (QED) is 0.667. The van der Waals surface area contributed by atoms with Crippen LogP contribution < -0.4 is 16.4 Å². The monoisotopic (exact) mass is 421 g/mol. The number of halogens is 1. The highest BCUT2D eigenvalue weighted by Crippen LogP contribution is 2.22. The van der Waals surface area contributed by atoms with Crippen LogP contribution in [0.5, 0.6) is 0 Å². The van der Waals surface area contributed by atoms with Crippen LogP contribution in [0.25, 0.3) is 16.9 Å². The van der Waals surface area contributed by atoms with Crippen LogP contribution in [0.2, 0.25) is 0 Å². The Morgan fingerprint density at radius 1 is 0.960 bits per heavy atom. The Hall–Kier alpha value is -2.49. The summed E-state index contributed by atoms with van der Waals surface area (Å²) in [6.45, 7) is 0. The highest BCUT2D eigenvalue weighted by atomic mass is 79.9. The molecule has 0 saturated carbocycles. The average Bonchev–Trinajstić information content (AvgIpc) is 2.54. The SMILES string of the molecule is NS(=O)(=O)c1ccc(-n2c(-c3ccc(Br)cc3)cc(=O)[nH]c2=O)cc1. The normalized spacial score (nSPS) is 11.4. The fourth-order valence-electron chi connectivity index (χ4n) is 2.37. The highest BCUT2D eigenvalue weighted by Gasteiger charge is 2.12. The Bertz CT molecular complexity index is 1150. The summed E-state index contributed by atoms with van der Waals surface area (Å²) in [5.74, 6) is 0. The Labute approximate surface area is 150 Å². The molecule has 0 aliphatic carbocycles. The van der Waals surface area contributed by atoms with Gasteiger partial charge in [-0.3, -0.25) is 14.3 Å². The number of nitrogens with one attached hydrogen (secondary N) is 1. The Kier molecular flexibility index (Phi) is 4.46. The summed E-state index contributed by atoms with van der Waals surface area (Å²) in [4.78, 5) is 26.2. The third-order valence-electron chi connectivity index (χ3n) is 3.51. The maximum Gasteiger partial charge on any atom is 0.333 e. The van der Waals surface area contributed by atoms with Crippen molar-refractivity contribution in [2.75, 3.05) is 0 Å². The molecule has 0 fully saturated rings. The van der Waals surface area contributed by atoms with Crippen molar-refractivity contribution in [3.63, 3.8) is 0 Å².